The van der Waals surface area contributed by atoms with Gasteiger partial charge in [-0.3, -0.25) is 4.90 Å². The molecule has 1 aromatic rings. The summed E-state index contributed by atoms with van der Waals surface area (Å²) in [6.45, 7) is 4.94. The van der Waals surface area contributed by atoms with Crippen molar-refractivity contribution < 1.29 is 13.5 Å². The molecule has 0 aliphatic carbocycles. The van der Waals surface area contributed by atoms with Gasteiger partial charge in [-0.1, -0.05) is 18.2 Å². The van der Waals surface area contributed by atoms with Gasteiger partial charge in [-0.25, -0.2) is 0 Å². The van der Waals surface area contributed by atoms with Gasteiger partial charge < -0.3 is 10.1 Å². The molecule has 1 fully saturated rings. The molecule has 3 nitrogen and oxygen atoms in total. The lowest BCUT2D eigenvalue weighted by molar-refractivity contribution is -0.0498. The van der Waals surface area contributed by atoms with E-state index in [1.807, 2.05) is 18.2 Å². The minimum Gasteiger partial charge on any atom is -0.435 e. The van der Waals surface area contributed by atoms with Crippen molar-refractivity contribution in [3.05, 3.63) is 42.5 Å². The molecule has 1 aromatic carbocycles. The number of nitrogens with zero attached hydrogens (tertiary/aromatic N) is 1. The number of nitrogens with one attached hydrogen (secondary N) is 1. The Bertz CT molecular complexity index is 422. The molecule has 118 valence electrons. The average molecular weight is 319 g/mol. The van der Waals surface area contributed by atoms with Crippen LogP contribution in [0.5, 0.6) is 5.75 Å². The Morgan fingerprint density at radius 2 is 1.86 bits per heavy atom. The molecule has 1 saturated heterocycles. The first-order valence-electron chi connectivity index (χ1n) is 6.81. The van der Waals surface area contributed by atoms with Crippen molar-refractivity contribution in [1.29, 1.82) is 0 Å². The highest BCUT2D eigenvalue weighted by molar-refractivity contribution is 5.85. The Hall–Kier alpha value is -1.17. The van der Waals surface area contributed by atoms with Gasteiger partial charge in [0.05, 0.1) is 0 Å². The number of alkyl halides is 2. The summed E-state index contributed by atoms with van der Waals surface area (Å²) >= 11 is 0. The van der Waals surface area contributed by atoms with Crippen LogP contribution in [0, 0.1) is 0 Å². The Kier molecular flexibility index (Phi) is 7.64. The van der Waals surface area contributed by atoms with E-state index in [0.29, 0.717) is 0 Å². The van der Waals surface area contributed by atoms with Crippen molar-refractivity contribution >= 4 is 12.4 Å². The molecule has 0 radical (unpaired) electrons. The first-order chi connectivity index (χ1) is 9.70. The quantitative estimate of drug-likeness (QED) is 0.815. The molecule has 1 atom stereocenters. The Morgan fingerprint density at radius 3 is 2.38 bits per heavy atom. The van der Waals surface area contributed by atoms with Crippen LogP contribution in [0.2, 0.25) is 0 Å². The van der Waals surface area contributed by atoms with E-state index in [4.69, 9.17) is 0 Å². The van der Waals surface area contributed by atoms with Gasteiger partial charge in [0.2, 0.25) is 0 Å². The fourth-order valence-corrected chi connectivity index (χ4v) is 2.52. The molecular weight excluding hydrogens is 298 g/mol. The number of ether oxygens (including phenoxy) is 1. The largest absolute Gasteiger partial charge is 0.435 e. The minimum absolute atomic E-state index is 0. The first kappa shape index (κ1) is 17.9. The summed E-state index contributed by atoms with van der Waals surface area (Å²) in [6.07, 6.45) is 2.74. The molecule has 0 unspecified atom stereocenters. The maximum absolute atomic E-state index is 12.1. The highest BCUT2D eigenvalue weighted by atomic mass is 35.5. The van der Waals surface area contributed by atoms with Crippen LogP contribution < -0.4 is 10.1 Å². The first-order valence-corrected chi connectivity index (χ1v) is 6.81. The second kappa shape index (κ2) is 8.97. The van der Waals surface area contributed by atoms with E-state index in [1.165, 1.54) is 0 Å². The van der Waals surface area contributed by atoms with Crippen LogP contribution >= 0.6 is 12.4 Å². The molecule has 0 saturated carbocycles. The predicted octanol–water partition coefficient (Wildman–Crippen LogP) is 3.23. The van der Waals surface area contributed by atoms with Gasteiger partial charge >= 0.3 is 6.61 Å². The van der Waals surface area contributed by atoms with Gasteiger partial charge in [-0.2, -0.15) is 8.78 Å². The summed E-state index contributed by atoms with van der Waals surface area (Å²) in [7, 11) is 0. The van der Waals surface area contributed by atoms with Crippen molar-refractivity contribution in [3.8, 4) is 5.75 Å². The van der Waals surface area contributed by atoms with E-state index in [2.05, 4.69) is 21.5 Å². The Morgan fingerprint density at radius 1 is 1.24 bits per heavy atom. The summed E-state index contributed by atoms with van der Waals surface area (Å²) < 4.78 is 28.7. The van der Waals surface area contributed by atoms with E-state index >= 15 is 0 Å². The number of halogens is 3. The van der Waals surface area contributed by atoms with Gasteiger partial charge in [0.1, 0.15) is 5.75 Å². The zero-order valence-electron chi connectivity index (χ0n) is 11.8. The molecular formula is C15H21ClF2N2O. The normalized spacial score (nSPS) is 17.1. The third-order valence-electron chi connectivity index (χ3n) is 3.47. The highest BCUT2D eigenvalue weighted by Gasteiger charge is 2.21. The molecule has 0 bridgehead atoms. The topological polar surface area (TPSA) is 24.5 Å². The Labute approximate surface area is 130 Å². The number of hydrogen-bond donors (Lipinski definition) is 1. The smallest absolute Gasteiger partial charge is 0.387 e. The molecule has 2 rings (SSSR count). The maximum Gasteiger partial charge on any atom is 0.387 e. The van der Waals surface area contributed by atoms with Gasteiger partial charge in [0, 0.05) is 32.2 Å². The van der Waals surface area contributed by atoms with E-state index in [9.17, 15) is 8.78 Å². The van der Waals surface area contributed by atoms with Crippen molar-refractivity contribution in [1.82, 2.24) is 10.2 Å². The van der Waals surface area contributed by atoms with Crippen molar-refractivity contribution in [3.63, 3.8) is 0 Å². The van der Waals surface area contributed by atoms with Crippen LogP contribution in [0.15, 0.2) is 36.9 Å². The molecule has 1 heterocycles. The van der Waals surface area contributed by atoms with Crippen LogP contribution in [0.4, 0.5) is 8.78 Å². The van der Waals surface area contributed by atoms with Crippen LogP contribution in [0.1, 0.15) is 18.0 Å². The molecule has 21 heavy (non-hydrogen) atoms. The standard InChI is InChI=1S/C15H20F2N2O.ClH/c1-2-3-14(19-10-8-18-9-11-19)12-4-6-13(7-5-12)20-15(16)17;/h2,4-7,14-15,18H,1,3,8-11H2;1H/t14-;/m0./s1. The summed E-state index contributed by atoms with van der Waals surface area (Å²) in [5, 5.41) is 3.32. The predicted molar refractivity (Wildman–Crippen MR) is 82.3 cm³/mol. The van der Waals surface area contributed by atoms with Crippen molar-refractivity contribution in [2.24, 2.45) is 0 Å². The van der Waals surface area contributed by atoms with Crippen molar-refractivity contribution in [2.45, 2.75) is 19.1 Å². The van der Waals surface area contributed by atoms with E-state index in [-0.39, 0.29) is 24.2 Å². The number of piperazine rings is 1. The summed E-state index contributed by atoms with van der Waals surface area (Å²) in [5.74, 6) is 0.196. The lowest BCUT2D eigenvalue weighted by Crippen LogP contribution is -2.45. The zero-order chi connectivity index (χ0) is 14.4. The summed E-state index contributed by atoms with van der Waals surface area (Å²) in [5.41, 5.74) is 1.11. The second-order valence-corrected chi connectivity index (χ2v) is 4.77. The average Bonchev–Trinajstić information content (AvgIpc) is 2.46. The van der Waals surface area contributed by atoms with Gasteiger partial charge in [-0.05, 0) is 24.1 Å². The molecule has 0 amide bonds. The molecule has 6 heteroatoms. The van der Waals surface area contributed by atoms with Crippen LogP contribution in [0.3, 0.4) is 0 Å². The number of hydrogen-bond acceptors (Lipinski definition) is 3. The lowest BCUT2D eigenvalue weighted by Gasteiger charge is -2.34. The van der Waals surface area contributed by atoms with Gasteiger partial charge in [0.15, 0.2) is 0 Å². The summed E-state index contributed by atoms with van der Waals surface area (Å²) in [6, 6.07) is 7.15. The van der Waals surface area contributed by atoms with Crippen LogP contribution in [-0.2, 0) is 0 Å². The fourth-order valence-electron chi connectivity index (χ4n) is 2.52. The summed E-state index contributed by atoms with van der Waals surface area (Å²) in [4.78, 5) is 2.39. The Balaban J connectivity index is 0.00000220. The van der Waals surface area contributed by atoms with Gasteiger partial charge in [-0.15, -0.1) is 19.0 Å². The molecule has 1 N–H and O–H groups in total. The zero-order valence-corrected chi connectivity index (χ0v) is 12.6. The fraction of sp³-hybridized carbons (Fsp3) is 0.467. The molecule has 0 aromatic heterocycles. The van der Waals surface area contributed by atoms with E-state index in [1.54, 1.807) is 12.1 Å². The van der Waals surface area contributed by atoms with Crippen LogP contribution in [-0.4, -0.2) is 37.7 Å². The highest BCUT2D eigenvalue weighted by Crippen LogP contribution is 2.27. The number of rotatable bonds is 6. The molecule has 0 spiro atoms. The van der Waals surface area contributed by atoms with E-state index in [0.717, 1.165) is 38.2 Å². The minimum atomic E-state index is -2.78. The third-order valence-corrected chi connectivity index (χ3v) is 3.47. The maximum atomic E-state index is 12.1. The monoisotopic (exact) mass is 318 g/mol. The van der Waals surface area contributed by atoms with Crippen molar-refractivity contribution in [2.75, 3.05) is 26.2 Å². The van der Waals surface area contributed by atoms with Gasteiger partial charge in [0.25, 0.3) is 0 Å². The van der Waals surface area contributed by atoms with Crippen LogP contribution in [0.25, 0.3) is 0 Å². The second-order valence-electron chi connectivity index (χ2n) is 4.77. The SMILES string of the molecule is C=CC[C@@H](c1ccc(OC(F)F)cc1)N1CCNCC1.Cl. The third kappa shape index (κ3) is 5.26. The molecule has 1 aliphatic heterocycles. The molecule has 1 aliphatic rings. The lowest BCUT2D eigenvalue weighted by atomic mass is 10.0. The number of benzene rings is 1. The van der Waals surface area contributed by atoms with E-state index < -0.39 is 6.61 Å².